The van der Waals surface area contributed by atoms with E-state index in [1.807, 2.05) is 0 Å². The third-order valence-corrected chi connectivity index (χ3v) is 7.30. The van der Waals surface area contributed by atoms with E-state index in [1.54, 1.807) is 12.1 Å². The molecule has 0 spiro atoms. The van der Waals surface area contributed by atoms with Crippen LogP contribution in [-0.4, -0.2) is 44.3 Å². The topological polar surface area (TPSA) is 83.9 Å². The number of aryl methyl sites for hydroxylation is 1. The summed E-state index contributed by atoms with van der Waals surface area (Å²) in [4.78, 5) is 32.3. The lowest BCUT2D eigenvalue weighted by atomic mass is 9.89. The van der Waals surface area contributed by atoms with Crippen molar-refractivity contribution in [1.29, 1.82) is 0 Å². The molecule has 0 radical (unpaired) electrons. The van der Waals surface area contributed by atoms with Crippen molar-refractivity contribution >= 4 is 24.8 Å². The molecule has 3 aromatic rings. The largest absolute Gasteiger partial charge is 0.416 e. The quantitative estimate of drug-likeness (QED) is 0.362. The molecule has 2 atom stereocenters. The Morgan fingerprint density at radius 1 is 1.05 bits per heavy atom. The van der Waals surface area contributed by atoms with Gasteiger partial charge in [0.1, 0.15) is 0 Å². The van der Waals surface area contributed by atoms with Crippen LogP contribution in [0.15, 0.2) is 52.2 Å². The molecule has 1 saturated carbocycles. The lowest BCUT2D eigenvalue weighted by Crippen LogP contribution is -2.35. The van der Waals surface area contributed by atoms with Crippen LogP contribution in [0.5, 0.6) is 0 Å². The number of pyridine rings is 1. The molecule has 1 aliphatic heterocycles. The van der Waals surface area contributed by atoms with Crippen molar-refractivity contribution in [3.63, 3.8) is 0 Å². The molecule has 1 N–H and O–H groups in total. The van der Waals surface area contributed by atoms with Crippen molar-refractivity contribution in [2.75, 3.05) is 19.6 Å². The van der Waals surface area contributed by atoms with Gasteiger partial charge in [-0.15, -0.1) is 24.8 Å². The number of fused-ring (bicyclic) bond motifs is 1. The summed E-state index contributed by atoms with van der Waals surface area (Å²) < 4.78 is 53.9. The fourth-order valence-electron chi connectivity index (χ4n) is 5.45. The number of aromatic nitrogens is 4. The normalized spacial score (nSPS) is 22.6. The predicted octanol–water partition coefficient (Wildman–Crippen LogP) is 4.05. The minimum absolute atomic E-state index is 0. The molecule has 5 rings (SSSR count). The zero-order chi connectivity index (χ0) is 25.0. The number of rotatable bonds is 6. The Kier molecular flexibility index (Phi) is 7.93. The zero-order valence-electron chi connectivity index (χ0n) is 19.7. The highest BCUT2D eigenvalue weighted by molar-refractivity contribution is 5.85. The van der Waals surface area contributed by atoms with Crippen molar-refractivity contribution < 1.29 is 17.6 Å². The van der Waals surface area contributed by atoms with Crippen LogP contribution in [0.3, 0.4) is 0 Å². The van der Waals surface area contributed by atoms with Crippen LogP contribution in [0.1, 0.15) is 30.9 Å². The van der Waals surface area contributed by atoms with Gasteiger partial charge in [0.15, 0.2) is 5.69 Å². The molecule has 2 unspecified atom stereocenters. The van der Waals surface area contributed by atoms with Gasteiger partial charge in [-0.3, -0.25) is 9.78 Å². The van der Waals surface area contributed by atoms with Crippen LogP contribution >= 0.6 is 24.8 Å². The number of piperidine rings is 1. The highest BCUT2D eigenvalue weighted by Gasteiger charge is 2.69. The molecular weight excluding hydrogens is 537 g/mol. The zero-order valence-corrected chi connectivity index (χ0v) is 21.4. The number of aromatic amines is 1. The Hall–Kier alpha value is -2.76. The van der Waals surface area contributed by atoms with Crippen LogP contribution in [0.4, 0.5) is 17.6 Å². The van der Waals surface area contributed by atoms with Crippen molar-refractivity contribution in [3.05, 3.63) is 80.5 Å². The van der Waals surface area contributed by atoms with Gasteiger partial charge in [-0.2, -0.15) is 22.7 Å². The van der Waals surface area contributed by atoms with E-state index in [0.717, 1.165) is 41.9 Å². The van der Waals surface area contributed by atoms with E-state index in [-0.39, 0.29) is 53.4 Å². The highest BCUT2D eigenvalue weighted by Crippen LogP contribution is 2.68. The molecule has 200 valence electrons. The number of halogens is 6. The molecule has 13 heteroatoms. The lowest BCUT2D eigenvalue weighted by molar-refractivity contribution is -0.137. The summed E-state index contributed by atoms with van der Waals surface area (Å²) in [6.45, 7) is 4.52. The average molecular weight is 562 g/mol. The first-order valence-corrected chi connectivity index (χ1v) is 11.2. The van der Waals surface area contributed by atoms with E-state index in [0.29, 0.717) is 13.0 Å². The second-order valence-corrected chi connectivity index (χ2v) is 9.63. The number of H-pyrrole nitrogens is 1. The van der Waals surface area contributed by atoms with Crippen molar-refractivity contribution in [2.24, 2.45) is 5.41 Å². The minimum atomic E-state index is -4.36. The highest BCUT2D eigenvalue weighted by atomic mass is 35.5. The number of nitrogens with zero attached hydrogens (tertiary/aromatic N) is 4. The molecule has 7 nitrogen and oxygen atoms in total. The molecule has 3 heterocycles. The van der Waals surface area contributed by atoms with Crippen LogP contribution in [0, 0.1) is 11.4 Å². The summed E-state index contributed by atoms with van der Waals surface area (Å²) in [5, 5.41) is 4.06. The fraction of sp³-hybridized carbons (Fsp3) is 0.417. The van der Waals surface area contributed by atoms with Gasteiger partial charge in [0, 0.05) is 31.2 Å². The standard InChI is InChI=1S/C24H23F4N5O2.2ClH/c1-22-12-23(22,15-5-7-16(8-6-15)24(26,27)28)14-32(13-22)10-3-11-33-21(35)30-20(34)18(31-33)17-4-2-9-29-19(17)25;;/h2,4-9H,3,10-14H2,1H3,(H,30,34,35);2*1H. The predicted molar refractivity (Wildman–Crippen MR) is 134 cm³/mol. The average Bonchev–Trinajstić information content (AvgIpc) is 3.28. The van der Waals surface area contributed by atoms with Crippen molar-refractivity contribution in [3.8, 4) is 11.3 Å². The van der Waals surface area contributed by atoms with E-state index < -0.39 is 28.9 Å². The molecule has 2 fully saturated rings. The Morgan fingerprint density at radius 2 is 1.76 bits per heavy atom. The molecule has 0 amide bonds. The summed E-state index contributed by atoms with van der Waals surface area (Å²) in [6.07, 6.45) is -1.64. The van der Waals surface area contributed by atoms with Gasteiger partial charge >= 0.3 is 11.9 Å². The third kappa shape index (κ3) is 5.17. The summed E-state index contributed by atoms with van der Waals surface area (Å²) in [5.41, 5.74) is -1.69. The van der Waals surface area contributed by atoms with E-state index >= 15 is 0 Å². The van der Waals surface area contributed by atoms with Crippen LogP contribution < -0.4 is 11.2 Å². The Morgan fingerprint density at radius 3 is 2.41 bits per heavy atom. The Labute approximate surface area is 221 Å². The van der Waals surface area contributed by atoms with Gasteiger partial charge in [-0.05, 0) is 54.6 Å². The monoisotopic (exact) mass is 561 g/mol. The van der Waals surface area contributed by atoms with E-state index in [2.05, 4.69) is 26.9 Å². The number of alkyl halides is 3. The van der Waals surface area contributed by atoms with Crippen molar-refractivity contribution in [1.82, 2.24) is 24.6 Å². The SMILES string of the molecule is CC12CN(CCCn3nc(-c4cccnc4F)c(=O)[nH]c3=O)CC1(c1ccc(C(F)(F)F)cc1)C2.Cl.Cl. The Balaban J connectivity index is 0.00000190. The first-order chi connectivity index (χ1) is 16.5. The second kappa shape index (κ2) is 10.2. The maximum Gasteiger partial charge on any atom is 0.416 e. The van der Waals surface area contributed by atoms with Gasteiger partial charge in [-0.1, -0.05) is 19.1 Å². The van der Waals surface area contributed by atoms with E-state index in [4.69, 9.17) is 0 Å². The molecule has 2 aliphatic rings. The van der Waals surface area contributed by atoms with Crippen molar-refractivity contribution in [2.45, 2.75) is 37.9 Å². The summed E-state index contributed by atoms with van der Waals surface area (Å²) in [6, 6.07) is 8.29. The molecule has 1 aliphatic carbocycles. The summed E-state index contributed by atoms with van der Waals surface area (Å²) >= 11 is 0. The molecular formula is C24H25Cl2F4N5O2. The number of hydrogen-bond donors (Lipinski definition) is 1. The van der Waals surface area contributed by atoms with Gasteiger partial charge in [0.25, 0.3) is 5.56 Å². The second-order valence-electron chi connectivity index (χ2n) is 9.63. The first kappa shape index (κ1) is 28.8. The molecule has 37 heavy (non-hydrogen) atoms. The first-order valence-electron chi connectivity index (χ1n) is 11.2. The van der Waals surface area contributed by atoms with Gasteiger partial charge in [0.2, 0.25) is 5.95 Å². The van der Waals surface area contributed by atoms with Crippen LogP contribution in [-0.2, 0) is 18.1 Å². The number of benzene rings is 1. The number of hydrogen-bond acceptors (Lipinski definition) is 5. The summed E-state index contributed by atoms with van der Waals surface area (Å²) in [5.74, 6) is -0.853. The molecule has 1 saturated heterocycles. The molecule has 0 bridgehead atoms. The smallest absolute Gasteiger partial charge is 0.302 e. The maximum atomic E-state index is 14.0. The van der Waals surface area contributed by atoms with Gasteiger partial charge in [-0.25, -0.2) is 14.5 Å². The minimum Gasteiger partial charge on any atom is -0.302 e. The number of likely N-dealkylation sites (tertiary alicyclic amines) is 1. The summed E-state index contributed by atoms with van der Waals surface area (Å²) in [7, 11) is 0. The van der Waals surface area contributed by atoms with Crippen LogP contribution in [0.2, 0.25) is 0 Å². The van der Waals surface area contributed by atoms with Gasteiger partial charge in [0.05, 0.1) is 11.1 Å². The van der Waals surface area contributed by atoms with E-state index in [9.17, 15) is 27.2 Å². The molecule has 2 aromatic heterocycles. The van der Waals surface area contributed by atoms with Gasteiger partial charge < -0.3 is 4.90 Å². The number of nitrogens with one attached hydrogen (secondary N) is 1. The Bertz CT molecular complexity index is 1400. The van der Waals surface area contributed by atoms with Crippen LogP contribution in [0.25, 0.3) is 11.3 Å². The maximum absolute atomic E-state index is 14.0. The third-order valence-electron chi connectivity index (χ3n) is 7.30. The lowest BCUT2D eigenvalue weighted by Gasteiger charge is -2.21. The van der Waals surface area contributed by atoms with E-state index in [1.165, 1.54) is 18.3 Å². The fourth-order valence-corrected chi connectivity index (χ4v) is 5.45. The molecule has 1 aromatic carbocycles.